The first kappa shape index (κ1) is 14.7. The van der Waals surface area contributed by atoms with Crippen molar-refractivity contribution in [3.8, 4) is 11.8 Å². The Bertz CT molecular complexity index is 533. The lowest BCUT2D eigenvalue weighted by atomic mass is 10.1. The van der Waals surface area contributed by atoms with Crippen molar-refractivity contribution in [3.63, 3.8) is 0 Å². The summed E-state index contributed by atoms with van der Waals surface area (Å²) in [4.78, 5) is 13.9. The van der Waals surface area contributed by atoms with E-state index in [-0.39, 0.29) is 6.04 Å². The summed E-state index contributed by atoms with van der Waals surface area (Å²) in [6, 6.07) is -0.0733. The summed E-state index contributed by atoms with van der Waals surface area (Å²) in [7, 11) is 3.13. The summed E-state index contributed by atoms with van der Waals surface area (Å²) >= 11 is 1.58. The minimum Gasteiger partial charge on any atom is -0.480 e. The van der Waals surface area contributed by atoms with Gasteiger partial charge in [-0.05, 0) is 13.0 Å². The highest BCUT2D eigenvalue weighted by Gasteiger charge is 2.22. The van der Waals surface area contributed by atoms with Gasteiger partial charge in [-0.25, -0.2) is 4.98 Å². The molecule has 108 valence electrons. The Morgan fingerprint density at radius 3 is 2.75 bits per heavy atom. The van der Waals surface area contributed by atoms with Crippen LogP contribution in [-0.2, 0) is 0 Å². The second kappa shape index (κ2) is 7.16. The first-order valence-corrected chi connectivity index (χ1v) is 7.24. The summed E-state index contributed by atoms with van der Waals surface area (Å²) in [5.74, 6) is 0.899. The topological polar surface area (TPSA) is 69.2 Å². The Morgan fingerprint density at radius 1 is 1.30 bits per heavy atom. The summed E-state index contributed by atoms with van der Waals surface area (Å²) in [6.07, 6.45) is 4.46. The van der Waals surface area contributed by atoms with E-state index >= 15 is 0 Å². The number of aromatic nitrogens is 3. The monoisotopic (exact) mass is 294 g/mol. The van der Waals surface area contributed by atoms with Crippen LogP contribution in [0.15, 0.2) is 17.9 Å². The fourth-order valence-electron chi connectivity index (χ4n) is 1.80. The molecular weight excluding hydrogens is 276 g/mol. The summed E-state index contributed by atoms with van der Waals surface area (Å²) in [5.41, 5.74) is 2.55. The van der Waals surface area contributed by atoms with Crippen LogP contribution in [0.1, 0.15) is 30.0 Å². The number of methoxy groups -OCH3 is 2. The molecule has 0 aliphatic heterocycles. The van der Waals surface area contributed by atoms with Crippen LogP contribution in [0.5, 0.6) is 11.8 Å². The molecule has 0 aromatic carbocycles. The van der Waals surface area contributed by atoms with Crippen molar-refractivity contribution < 1.29 is 9.47 Å². The number of ether oxygens (including phenoxy) is 2. The van der Waals surface area contributed by atoms with E-state index in [1.165, 1.54) is 0 Å². The number of hydrogen-bond acceptors (Lipinski definition) is 7. The third kappa shape index (κ3) is 3.23. The van der Waals surface area contributed by atoms with E-state index in [9.17, 15) is 0 Å². The predicted molar refractivity (Wildman–Crippen MR) is 77.4 cm³/mol. The second-order valence-electron chi connectivity index (χ2n) is 4.10. The maximum atomic E-state index is 5.34. The number of hydrogen-bond donors (Lipinski definition) is 1. The highest BCUT2D eigenvalue weighted by atomic mass is 32.1. The van der Waals surface area contributed by atoms with Gasteiger partial charge in [-0.1, -0.05) is 6.92 Å². The smallest absolute Gasteiger partial charge is 0.240 e. The molecule has 0 bridgehead atoms. The van der Waals surface area contributed by atoms with Gasteiger partial charge >= 0.3 is 0 Å². The molecule has 1 N–H and O–H groups in total. The molecule has 0 fully saturated rings. The van der Waals surface area contributed by atoms with Gasteiger partial charge in [0, 0.05) is 11.1 Å². The summed E-state index contributed by atoms with van der Waals surface area (Å²) in [5, 5.41) is 3.45. The molecule has 2 rings (SSSR count). The van der Waals surface area contributed by atoms with Gasteiger partial charge in [0.1, 0.15) is 5.69 Å². The van der Waals surface area contributed by atoms with Gasteiger partial charge in [0.05, 0.1) is 32.0 Å². The van der Waals surface area contributed by atoms with Crippen molar-refractivity contribution >= 4 is 11.3 Å². The second-order valence-corrected chi connectivity index (χ2v) is 5.02. The van der Waals surface area contributed by atoms with Crippen molar-refractivity contribution in [2.75, 3.05) is 20.8 Å². The molecule has 0 spiro atoms. The van der Waals surface area contributed by atoms with Crippen LogP contribution < -0.4 is 14.8 Å². The molecule has 2 aromatic rings. The van der Waals surface area contributed by atoms with Gasteiger partial charge < -0.3 is 14.8 Å². The first-order valence-electron chi connectivity index (χ1n) is 6.36. The van der Waals surface area contributed by atoms with Gasteiger partial charge in [-0.15, -0.1) is 11.3 Å². The summed E-state index contributed by atoms with van der Waals surface area (Å²) < 4.78 is 10.4. The molecule has 1 unspecified atom stereocenters. The lowest BCUT2D eigenvalue weighted by Gasteiger charge is -2.18. The van der Waals surface area contributed by atoms with Crippen LogP contribution in [0, 0.1) is 0 Å². The molecule has 2 aromatic heterocycles. The van der Waals surface area contributed by atoms with Crippen LogP contribution in [0.3, 0.4) is 0 Å². The van der Waals surface area contributed by atoms with Gasteiger partial charge in [0.15, 0.2) is 0 Å². The Kier molecular flexibility index (Phi) is 5.25. The molecule has 0 saturated heterocycles. The van der Waals surface area contributed by atoms with Crippen molar-refractivity contribution in [2.24, 2.45) is 0 Å². The van der Waals surface area contributed by atoms with Crippen LogP contribution in [-0.4, -0.2) is 35.7 Å². The molecule has 7 heteroatoms. The molecule has 0 amide bonds. The molecule has 0 aliphatic rings. The zero-order chi connectivity index (χ0) is 14.4. The first-order chi connectivity index (χ1) is 9.80. The van der Waals surface area contributed by atoms with Crippen molar-refractivity contribution in [2.45, 2.75) is 19.4 Å². The maximum absolute atomic E-state index is 5.34. The Morgan fingerprint density at radius 2 is 2.15 bits per heavy atom. The molecule has 2 heterocycles. The van der Waals surface area contributed by atoms with E-state index < -0.39 is 0 Å². The normalized spacial score (nSPS) is 12.2. The minimum absolute atomic E-state index is 0.0733. The zero-order valence-electron chi connectivity index (χ0n) is 11.8. The van der Waals surface area contributed by atoms with Crippen molar-refractivity contribution in [1.29, 1.82) is 0 Å². The quantitative estimate of drug-likeness (QED) is 0.842. The van der Waals surface area contributed by atoms with Crippen molar-refractivity contribution in [1.82, 2.24) is 20.3 Å². The van der Waals surface area contributed by atoms with E-state index in [0.717, 1.165) is 23.5 Å². The van der Waals surface area contributed by atoms with E-state index in [0.29, 0.717) is 11.8 Å². The molecule has 0 aliphatic carbocycles. The fraction of sp³-hybridized carbons (Fsp3) is 0.462. The number of rotatable bonds is 7. The highest BCUT2D eigenvalue weighted by Crippen LogP contribution is 2.30. The third-order valence-electron chi connectivity index (χ3n) is 2.76. The maximum Gasteiger partial charge on any atom is 0.240 e. The third-order valence-corrected chi connectivity index (χ3v) is 3.60. The minimum atomic E-state index is -0.0733. The Hall–Kier alpha value is -1.73. The van der Waals surface area contributed by atoms with E-state index in [2.05, 4.69) is 27.2 Å². The Labute approximate surface area is 122 Å². The fourth-order valence-corrected chi connectivity index (χ4v) is 2.50. The average Bonchev–Trinajstić information content (AvgIpc) is 3.02. The van der Waals surface area contributed by atoms with Crippen molar-refractivity contribution in [3.05, 3.63) is 28.5 Å². The summed E-state index contributed by atoms with van der Waals surface area (Å²) in [6.45, 7) is 2.99. The average molecular weight is 294 g/mol. The van der Waals surface area contributed by atoms with Crippen LogP contribution in [0.4, 0.5) is 0 Å². The molecule has 20 heavy (non-hydrogen) atoms. The number of thiazole rings is 1. The van der Waals surface area contributed by atoms with Gasteiger partial charge in [0.2, 0.25) is 11.8 Å². The Balaban J connectivity index is 2.37. The molecular formula is C13H18N4O2S. The molecule has 1 atom stereocenters. The van der Waals surface area contributed by atoms with E-state index in [4.69, 9.17) is 9.47 Å². The predicted octanol–water partition coefficient (Wildman–Crippen LogP) is 2.04. The van der Waals surface area contributed by atoms with Gasteiger partial charge in [-0.2, -0.15) is 4.98 Å². The largest absolute Gasteiger partial charge is 0.480 e. The van der Waals surface area contributed by atoms with E-state index in [1.54, 1.807) is 37.3 Å². The SMILES string of the molecule is CCCNC(c1cncs1)c1ncc(OC)nc1OC. The lowest BCUT2D eigenvalue weighted by Crippen LogP contribution is -2.24. The highest BCUT2D eigenvalue weighted by molar-refractivity contribution is 7.09. The number of nitrogens with one attached hydrogen (secondary N) is 1. The molecule has 6 nitrogen and oxygen atoms in total. The van der Waals surface area contributed by atoms with E-state index in [1.807, 2.05) is 6.20 Å². The van der Waals surface area contributed by atoms with Crippen LogP contribution in [0.25, 0.3) is 0 Å². The lowest BCUT2D eigenvalue weighted by molar-refractivity contribution is 0.352. The molecule has 0 radical (unpaired) electrons. The standard InChI is InChI=1S/C13H18N4O2S/c1-4-5-15-11(9-6-14-8-20-9)12-13(19-3)17-10(18-2)7-16-12/h6-8,11,15H,4-5H2,1-3H3. The van der Waals surface area contributed by atoms with Gasteiger partial charge in [-0.3, -0.25) is 4.98 Å². The zero-order valence-corrected chi connectivity index (χ0v) is 12.6. The van der Waals surface area contributed by atoms with Crippen LogP contribution >= 0.6 is 11.3 Å². The molecule has 0 saturated carbocycles. The van der Waals surface area contributed by atoms with Crippen LogP contribution in [0.2, 0.25) is 0 Å². The number of nitrogens with zero attached hydrogens (tertiary/aromatic N) is 3. The van der Waals surface area contributed by atoms with Gasteiger partial charge in [0.25, 0.3) is 0 Å².